The van der Waals surface area contributed by atoms with E-state index in [0.29, 0.717) is 11.1 Å². The van der Waals surface area contributed by atoms with Crippen molar-refractivity contribution in [2.75, 3.05) is 0 Å². The summed E-state index contributed by atoms with van der Waals surface area (Å²) in [4.78, 5) is 11.5. The number of benzene rings is 1. The maximum Gasteiger partial charge on any atom is 0.228 e. The number of hydrogen-bond acceptors (Lipinski definition) is 3. The van der Waals surface area contributed by atoms with Crippen LogP contribution in [0.2, 0.25) is 0 Å². The normalized spacial score (nSPS) is 13.2. The lowest BCUT2D eigenvalue weighted by atomic mass is 10.1. The monoisotopic (exact) mass is 253 g/mol. The number of aryl methyl sites for hydroxylation is 1. The van der Waals surface area contributed by atoms with E-state index in [9.17, 15) is 9.18 Å². The number of nitrogens with two attached hydrogens (primary N) is 1. The van der Waals surface area contributed by atoms with Crippen molar-refractivity contribution in [2.45, 2.75) is 26.3 Å². The topological polar surface area (TPSA) is 87.7 Å². The molecular formula is C12H16FN3O2. The SMILES string of the molecule is Cc1ccc(C(C)NC(=O)C/C(N)=N/O)cc1F. The molecule has 18 heavy (non-hydrogen) atoms. The molecule has 0 bridgehead atoms. The Morgan fingerprint density at radius 3 is 2.83 bits per heavy atom. The molecule has 1 aromatic carbocycles. The third-order valence-electron chi connectivity index (χ3n) is 2.54. The molecule has 0 saturated carbocycles. The summed E-state index contributed by atoms with van der Waals surface area (Å²) in [5, 5.41) is 13.7. The van der Waals surface area contributed by atoms with Gasteiger partial charge in [-0.05, 0) is 31.0 Å². The first-order valence-electron chi connectivity index (χ1n) is 5.46. The summed E-state index contributed by atoms with van der Waals surface area (Å²) in [5.74, 6) is -0.876. The van der Waals surface area contributed by atoms with Crippen molar-refractivity contribution < 1.29 is 14.4 Å². The van der Waals surface area contributed by atoms with E-state index in [1.54, 1.807) is 26.0 Å². The van der Waals surface area contributed by atoms with Crippen LogP contribution in [0.5, 0.6) is 0 Å². The van der Waals surface area contributed by atoms with Crippen molar-refractivity contribution in [3.05, 3.63) is 35.1 Å². The van der Waals surface area contributed by atoms with E-state index in [2.05, 4.69) is 10.5 Å². The molecule has 0 saturated heterocycles. The summed E-state index contributed by atoms with van der Waals surface area (Å²) in [7, 11) is 0. The lowest BCUT2D eigenvalue weighted by Gasteiger charge is -2.14. The van der Waals surface area contributed by atoms with Crippen molar-refractivity contribution in [3.63, 3.8) is 0 Å². The zero-order valence-corrected chi connectivity index (χ0v) is 10.3. The van der Waals surface area contributed by atoms with Crippen LogP contribution in [-0.4, -0.2) is 17.0 Å². The number of halogens is 1. The second-order valence-electron chi connectivity index (χ2n) is 4.07. The fourth-order valence-electron chi connectivity index (χ4n) is 1.45. The lowest BCUT2D eigenvalue weighted by Crippen LogP contribution is -2.30. The molecule has 1 rings (SSSR count). The number of nitrogens with zero attached hydrogens (tertiary/aromatic N) is 1. The number of amides is 1. The fourth-order valence-corrected chi connectivity index (χ4v) is 1.45. The van der Waals surface area contributed by atoms with Crippen LogP contribution < -0.4 is 11.1 Å². The average molecular weight is 253 g/mol. The summed E-state index contributed by atoms with van der Waals surface area (Å²) in [6.07, 6.45) is -0.199. The molecule has 0 heterocycles. The van der Waals surface area contributed by atoms with Gasteiger partial charge in [0, 0.05) is 0 Å². The Balaban J connectivity index is 2.67. The van der Waals surface area contributed by atoms with Crippen LogP contribution in [0.1, 0.15) is 30.5 Å². The van der Waals surface area contributed by atoms with E-state index in [1.165, 1.54) is 6.07 Å². The molecule has 0 fully saturated rings. The highest BCUT2D eigenvalue weighted by atomic mass is 19.1. The highest BCUT2D eigenvalue weighted by Gasteiger charge is 2.12. The Kier molecular flexibility index (Phi) is 4.65. The van der Waals surface area contributed by atoms with Crippen LogP contribution in [0.25, 0.3) is 0 Å². The van der Waals surface area contributed by atoms with Crippen molar-refractivity contribution in [1.82, 2.24) is 5.32 Å². The molecule has 0 radical (unpaired) electrons. The average Bonchev–Trinajstić information content (AvgIpc) is 2.32. The van der Waals surface area contributed by atoms with E-state index in [-0.39, 0.29) is 24.1 Å². The third-order valence-corrected chi connectivity index (χ3v) is 2.54. The molecule has 6 heteroatoms. The van der Waals surface area contributed by atoms with Gasteiger partial charge in [-0.2, -0.15) is 0 Å². The van der Waals surface area contributed by atoms with Crippen LogP contribution in [0.15, 0.2) is 23.4 Å². The van der Waals surface area contributed by atoms with Gasteiger partial charge in [0.25, 0.3) is 0 Å². The van der Waals surface area contributed by atoms with Gasteiger partial charge in [0.15, 0.2) is 0 Å². The second-order valence-corrected chi connectivity index (χ2v) is 4.07. The van der Waals surface area contributed by atoms with Crippen molar-refractivity contribution >= 4 is 11.7 Å². The Morgan fingerprint density at radius 2 is 2.28 bits per heavy atom. The molecule has 0 aromatic heterocycles. The first kappa shape index (κ1) is 14.0. The summed E-state index contributed by atoms with van der Waals surface area (Å²) in [5.41, 5.74) is 6.42. The number of hydrogen-bond donors (Lipinski definition) is 3. The van der Waals surface area contributed by atoms with Gasteiger partial charge in [-0.15, -0.1) is 0 Å². The lowest BCUT2D eigenvalue weighted by molar-refractivity contribution is -0.120. The van der Waals surface area contributed by atoms with Gasteiger partial charge >= 0.3 is 0 Å². The van der Waals surface area contributed by atoms with Gasteiger partial charge in [-0.25, -0.2) is 4.39 Å². The molecule has 0 aliphatic heterocycles. The number of amidine groups is 1. The van der Waals surface area contributed by atoms with Gasteiger partial charge in [0.1, 0.15) is 11.7 Å². The molecule has 0 aliphatic rings. The van der Waals surface area contributed by atoms with E-state index >= 15 is 0 Å². The molecule has 4 N–H and O–H groups in total. The van der Waals surface area contributed by atoms with Gasteiger partial charge in [0.05, 0.1) is 12.5 Å². The summed E-state index contributed by atoms with van der Waals surface area (Å²) in [6, 6.07) is 4.42. The largest absolute Gasteiger partial charge is 0.409 e. The van der Waals surface area contributed by atoms with E-state index < -0.39 is 5.91 Å². The van der Waals surface area contributed by atoms with Gasteiger partial charge in [-0.3, -0.25) is 4.79 Å². The highest BCUT2D eigenvalue weighted by molar-refractivity contribution is 5.98. The smallest absolute Gasteiger partial charge is 0.228 e. The first-order chi connectivity index (χ1) is 8.43. The van der Waals surface area contributed by atoms with Gasteiger partial charge in [0.2, 0.25) is 5.91 Å². The molecule has 1 atom stereocenters. The second kappa shape index (κ2) is 6.00. The standard InChI is InChI=1S/C12H16FN3O2/c1-7-3-4-9(5-10(7)13)8(2)15-12(17)6-11(14)16-18/h3-5,8,18H,6H2,1-2H3,(H2,14,16)(H,15,17). The van der Waals surface area contributed by atoms with Crippen molar-refractivity contribution in [3.8, 4) is 0 Å². The number of rotatable bonds is 4. The minimum Gasteiger partial charge on any atom is -0.409 e. The van der Waals surface area contributed by atoms with Gasteiger partial charge < -0.3 is 16.3 Å². The zero-order chi connectivity index (χ0) is 13.7. The van der Waals surface area contributed by atoms with E-state index in [1.807, 2.05) is 0 Å². The Labute approximate surface area is 104 Å². The quantitative estimate of drug-likeness (QED) is 0.328. The third kappa shape index (κ3) is 3.73. The molecule has 5 nitrogen and oxygen atoms in total. The number of oxime groups is 1. The first-order valence-corrected chi connectivity index (χ1v) is 5.46. The molecule has 1 aromatic rings. The molecule has 98 valence electrons. The van der Waals surface area contributed by atoms with Crippen molar-refractivity contribution in [2.24, 2.45) is 10.9 Å². The molecule has 1 amide bonds. The summed E-state index contributed by atoms with van der Waals surface area (Å²) < 4.78 is 13.4. The van der Waals surface area contributed by atoms with Crippen LogP contribution in [0.4, 0.5) is 4.39 Å². The molecule has 0 spiro atoms. The predicted molar refractivity (Wildman–Crippen MR) is 65.7 cm³/mol. The van der Waals surface area contributed by atoms with Gasteiger partial charge in [-0.1, -0.05) is 17.3 Å². The number of nitrogens with one attached hydrogen (secondary N) is 1. The number of carbonyl (C=O) groups is 1. The Morgan fingerprint density at radius 1 is 1.61 bits per heavy atom. The molecular weight excluding hydrogens is 237 g/mol. The van der Waals surface area contributed by atoms with Crippen LogP contribution in [0, 0.1) is 12.7 Å². The fraction of sp³-hybridized carbons (Fsp3) is 0.333. The zero-order valence-electron chi connectivity index (χ0n) is 10.3. The maximum atomic E-state index is 13.4. The number of carbonyl (C=O) groups excluding carboxylic acids is 1. The predicted octanol–water partition coefficient (Wildman–Crippen LogP) is 1.45. The Bertz CT molecular complexity index is 474. The van der Waals surface area contributed by atoms with E-state index in [4.69, 9.17) is 10.9 Å². The minimum absolute atomic E-state index is 0.171. The Hall–Kier alpha value is -2.11. The highest BCUT2D eigenvalue weighted by Crippen LogP contribution is 2.16. The van der Waals surface area contributed by atoms with Crippen LogP contribution in [-0.2, 0) is 4.79 Å². The molecule has 1 unspecified atom stereocenters. The minimum atomic E-state index is -0.390. The van der Waals surface area contributed by atoms with Crippen LogP contribution >= 0.6 is 0 Å². The van der Waals surface area contributed by atoms with Crippen LogP contribution in [0.3, 0.4) is 0 Å². The summed E-state index contributed by atoms with van der Waals surface area (Å²) in [6.45, 7) is 3.40. The molecule has 0 aliphatic carbocycles. The van der Waals surface area contributed by atoms with E-state index in [0.717, 1.165) is 0 Å². The van der Waals surface area contributed by atoms with Crippen molar-refractivity contribution in [1.29, 1.82) is 0 Å². The maximum absolute atomic E-state index is 13.4. The summed E-state index contributed by atoms with van der Waals surface area (Å²) >= 11 is 0.